The van der Waals surface area contributed by atoms with Crippen LogP contribution >= 0.6 is 27.7 Å². The third-order valence-electron chi connectivity index (χ3n) is 2.93. The highest BCUT2D eigenvalue weighted by atomic mass is 79.9. The van der Waals surface area contributed by atoms with Crippen molar-refractivity contribution in [3.63, 3.8) is 0 Å². The molecule has 0 saturated heterocycles. The summed E-state index contributed by atoms with van der Waals surface area (Å²) in [5.41, 5.74) is 0.813. The van der Waals surface area contributed by atoms with Gasteiger partial charge in [0.15, 0.2) is 6.61 Å². The zero-order chi connectivity index (χ0) is 17.5. The first-order chi connectivity index (χ1) is 11.4. The third-order valence-corrected chi connectivity index (χ3v) is 4.45. The largest absolute Gasteiger partial charge is 0.455 e. The Bertz CT molecular complexity index is 737. The van der Waals surface area contributed by atoms with Gasteiger partial charge in [-0.05, 0) is 48.9 Å². The topological polar surface area (TPSA) is 55.4 Å². The Morgan fingerprint density at radius 3 is 2.58 bits per heavy atom. The van der Waals surface area contributed by atoms with Gasteiger partial charge in [0.1, 0.15) is 5.82 Å². The van der Waals surface area contributed by atoms with Crippen LogP contribution in [-0.2, 0) is 14.3 Å². The highest BCUT2D eigenvalue weighted by molar-refractivity contribution is 9.10. The summed E-state index contributed by atoms with van der Waals surface area (Å²) >= 11 is 4.64. The standard InChI is InChI=1S/C17H15BrFNO3S/c1-11-2-7-15(14(19)8-11)20-16(21)9-23-17(22)10-24-13-5-3-12(18)4-6-13/h2-8H,9-10H2,1H3,(H,20,21). The number of hydrogen-bond acceptors (Lipinski definition) is 4. The number of benzene rings is 2. The second-order valence-electron chi connectivity index (χ2n) is 4.93. The molecular formula is C17H15BrFNO3S. The summed E-state index contributed by atoms with van der Waals surface area (Å²) in [6.07, 6.45) is 0. The van der Waals surface area contributed by atoms with Crippen molar-refractivity contribution in [1.29, 1.82) is 0 Å². The second-order valence-corrected chi connectivity index (χ2v) is 6.90. The summed E-state index contributed by atoms with van der Waals surface area (Å²) in [4.78, 5) is 24.3. The third kappa shape index (κ3) is 5.98. The number of ether oxygens (including phenoxy) is 1. The Balaban J connectivity index is 1.74. The summed E-state index contributed by atoms with van der Waals surface area (Å²) in [6, 6.07) is 11.9. The molecule has 2 aromatic carbocycles. The Kier molecular flexibility index (Phi) is 6.81. The minimum Gasteiger partial charge on any atom is -0.455 e. The first-order valence-electron chi connectivity index (χ1n) is 7.04. The Labute approximate surface area is 151 Å². The van der Waals surface area contributed by atoms with Crippen LogP contribution in [0.5, 0.6) is 0 Å². The van der Waals surface area contributed by atoms with Gasteiger partial charge in [0, 0.05) is 9.37 Å². The Morgan fingerprint density at radius 2 is 1.92 bits per heavy atom. The maximum absolute atomic E-state index is 13.6. The van der Waals surface area contributed by atoms with Gasteiger partial charge in [0.25, 0.3) is 5.91 Å². The minimum atomic E-state index is -0.584. The molecule has 0 atom stereocenters. The normalized spacial score (nSPS) is 10.3. The fourth-order valence-electron chi connectivity index (χ4n) is 1.77. The number of amides is 1. The molecule has 126 valence electrons. The lowest BCUT2D eigenvalue weighted by molar-refractivity contribution is -0.144. The van der Waals surface area contributed by atoms with Crippen molar-refractivity contribution in [3.8, 4) is 0 Å². The summed E-state index contributed by atoms with van der Waals surface area (Å²) in [7, 11) is 0. The molecule has 24 heavy (non-hydrogen) atoms. The molecule has 1 N–H and O–H groups in total. The molecule has 4 nitrogen and oxygen atoms in total. The maximum Gasteiger partial charge on any atom is 0.316 e. The molecule has 0 bridgehead atoms. The van der Waals surface area contributed by atoms with E-state index in [9.17, 15) is 14.0 Å². The number of anilines is 1. The number of nitrogens with one attached hydrogen (secondary N) is 1. The molecule has 0 saturated carbocycles. The summed E-state index contributed by atoms with van der Waals surface area (Å²) < 4.78 is 19.5. The van der Waals surface area contributed by atoms with Crippen LogP contribution in [0, 0.1) is 12.7 Å². The molecule has 0 radical (unpaired) electrons. The second kappa shape index (κ2) is 8.84. The maximum atomic E-state index is 13.6. The van der Waals surface area contributed by atoms with Crippen LogP contribution in [0.2, 0.25) is 0 Å². The number of hydrogen-bond donors (Lipinski definition) is 1. The van der Waals surface area contributed by atoms with Gasteiger partial charge in [0.05, 0.1) is 11.4 Å². The molecule has 1 amide bonds. The molecule has 0 spiro atoms. The van der Waals surface area contributed by atoms with Gasteiger partial charge in [-0.1, -0.05) is 22.0 Å². The van der Waals surface area contributed by atoms with Crippen LogP contribution in [0.4, 0.5) is 10.1 Å². The number of thioether (sulfide) groups is 1. The van der Waals surface area contributed by atoms with E-state index in [2.05, 4.69) is 21.2 Å². The molecule has 2 aromatic rings. The molecule has 0 aliphatic rings. The molecule has 0 heterocycles. The van der Waals surface area contributed by atoms with Crippen LogP contribution < -0.4 is 5.32 Å². The molecule has 0 aliphatic carbocycles. The molecule has 0 aromatic heterocycles. The molecule has 0 unspecified atom stereocenters. The van der Waals surface area contributed by atoms with Crippen molar-refractivity contribution in [2.24, 2.45) is 0 Å². The zero-order valence-electron chi connectivity index (χ0n) is 12.8. The van der Waals surface area contributed by atoms with E-state index in [-0.39, 0.29) is 11.4 Å². The quantitative estimate of drug-likeness (QED) is 0.572. The van der Waals surface area contributed by atoms with Gasteiger partial charge in [-0.2, -0.15) is 0 Å². The van der Waals surface area contributed by atoms with E-state index < -0.39 is 24.3 Å². The van der Waals surface area contributed by atoms with E-state index in [0.717, 1.165) is 14.9 Å². The number of aryl methyl sites for hydroxylation is 1. The van der Waals surface area contributed by atoms with Gasteiger partial charge in [-0.25, -0.2) is 4.39 Å². The molecule has 0 fully saturated rings. The number of carbonyl (C=O) groups excluding carboxylic acids is 2. The van der Waals surface area contributed by atoms with Crippen molar-refractivity contribution in [1.82, 2.24) is 0 Å². The molecule has 2 rings (SSSR count). The monoisotopic (exact) mass is 411 g/mol. The lowest BCUT2D eigenvalue weighted by Gasteiger charge is -2.08. The van der Waals surface area contributed by atoms with Crippen LogP contribution in [-0.4, -0.2) is 24.2 Å². The number of carbonyl (C=O) groups is 2. The van der Waals surface area contributed by atoms with Crippen molar-refractivity contribution in [3.05, 3.63) is 58.3 Å². The minimum absolute atomic E-state index is 0.0610. The van der Waals surface area contributed by atoms with Gasteiger partial charge < -0.3 is 10.1 Å². The van der Waals surface area contributed by atoms with Gasteiger partial charge in [-0.3, -0.25) is 9.59 Å². The predicted molar refractivity (Wildman–Crippen MR) is 95.6 cm³/mol. The lowest BCUT2D eigenvalue weighted by Crippen LogP contribution is -2.22. The van der Waals surface area contributed by atoms with Crippen LogP contribution in [0.15, 0.2) is 51.8 Å². The first kappa shape index (κ1) is 18.5. The average molecular weight is 412 g/mol. The van der Waals surface area contributed by atoms with Gasteiger partial charge >= 0.3 is 5.97 Å². The van der Waals surface area contributed by atoms with Crippen LogP contribution in [0.3, 0.4) is 0 Å². The van der Waals surface area contributed by atoms with Gasteiger partial charge in [0.2, 0.25) is 0 Å². The van der Waals surface area contributed by atoms with Crippen molar-refractivity contribution in [2.45, 2.75) is 11.8 Å². The highest BCUT2D eigenvalue weighted by Gasteiger charge is 2.11. The van der Waals surface area contributed by atoms with Gasteiger partial charge in [-0.15, -0.1) is 11.8 Å². The van der Waals surface area contributed by atoms with E-state index in [1.54, 1.807) is 13.0 Å². The molecular weight excluding hydrogens is 397 g/mol. The van der Waals surface area contributed by atoms with Crippen molar-refractivity contribution in [2.75, 3.05) is 17.7 Å². The number of rotatable bonds is 6. The zero-order valence-corrected chi connectivity index (χ0v) is 15.2. The SMILES string of the molecule is Cc1ccc(NC(=O)COC(=O)CSc2ccc(Br)cc2)c(F)c1. The van der Waals surface area contributed by atoms with E-state index in [1.165, 1.54) is 23.9 Å². The lowest BCUT2D eigenvalue weighted by atomic mass is 10.2. The number of halogens is 2. The smallest absolute Gasteiger partial charge is 0.316 e. The Morgan fingerprint density at radius 1 is 1.21 bits per heavy atom. The summed E-state index contributed by atoms with van der Waals surface area (Å²) in [6.45, 7) is 1.30. The molecule has 0 aliphatic heterocycles. The first-order valence-corrected chi connectivity index (χ1v) is 8.82. The van der Waals surface area contributed by atoms with E-state index in [0.29, 0.717) is 0 Å². The van der Waals surface area contributed by atoms with E-state index in [1.807, 2.05) is 24.3 Å². The number of esters is 1. The van der Waals surface area contributed by atoms with E-state index >= 15 is 0 Å². The Hall–Kier alpha value is -1.86. The summed E-state index contributed by atoms with van der Waals surface area (Å²) in [5, 5.41) is 2.37. The van der Waals surface area contributed by atoms with Crippen molar-refractivity contribution < 1.29 is 18.7 Å². The summed E-state index contributed by atoms with van der Waals surface area (Å²) in [5.74, 6) is -1.53. The van der Waals surface area contributed by atoms with E-state index in [4.69, 9.17) is 4.74 Å². The van der Waals surface area contributed by atoms with Crippen LogP contribution in [0.25, 0.3) is 0 Å². The van der Waals surface area contributed by atoms with Crippen molar-refractivity contribution >= 4 is 45.3 Å². The predicted octanol–water partition coefficient (Wildman–Crippen LogP) is 4.17. The molecule has 7 heteroatoms. The highest BCUT2D eigenvalue weighted by Crippen LogP contribution is 2.20. The average Bonchev–Trinajstić information content (AvgIpc) is 2.55. The fraction of sp³-hybridized carbons (Fsp3) is 0.176. The van der Waals surface area contributed by atoms with Crippen LogP contribution in [0.1, 0.15) is 5.56 Å². The fourth-order valence-corrected chi connectivity index (χ4v) is 2.73.